The van der Waals surface area contributed by atoms with Crippen LogP contribution in [0.15, 0.2) is 47.4 Å². The van der Waals surface area contributed by atoms with Crippen LogP contribution in [0.5, 0.6) is 0 Å². The molecule has 1 unspecified atom stereocenters. The number of hydrogen-bond donors (Lipinski definition) is 1. The number of hydrogen-bond acceptors (Lipinski definition) is 4. The lowest BCUT2D eigenvalue weighted by Crippen LogP contribution is -2.27. The predicted octanol–water partition coefficient (Wildman–Crippen LogP) is 3.38. The summed E-state index contributed by atoms with van der Waals surface area (Å²) in [6.07, 6.45) is 0.931. The van der Waals surface area contributed by atoms with Gasteiger partial charge in [0.15, 0.2) is 0 Å². The summed E-state index contributed by atoms with van der Waals surface area (Å²) in [5.74, 6) is -0.558. The third kappa shape index (κ3) is 4.46. The van der Waals surface area contributed by atoms with Gasteiger partial charge in [0.05, 0.1) is 17.6 Å². The van der Waals surface area contributed by atoms with Crippen LogP contribution in [0.3, 0.4) is 0 Å². The number of sulfonamides is 1. The lowest BCUT2D eigenvalue weighted by Gasteiger charge is -2.16. The largest absolute Gasteiger partial charge is 0.465 e. The lowest BCUT2D eigenvalue weighted by atomic mass is 10.1. The number of esters is 1. The van der Waals surface area contributed by atoms with Crippen LogP contribution in [0.4, 0.5) is 0 Å². The molecule has 0 bridgehead atoms. The predicted molar refractivity (Wildman–Crippen MR) is 97.1 cm³/mol. The zero-order valence-electron chi connectivity index (χ0n) is 14.9. The van der Waals surface area contributed by atoms with Gasteiger partial charge in [-0.2, -0.15) is 0 Å². The molecule has 0 aliphatic heterocycles. The van der Waals surface area contributed by atoms with Crippen LogP contribution in [0, 0.1) is 6.92 Å². The molecule has 0 spiro atoms. The quantitative estimate of drug-likeness (QED) is 0.801. The third-order valence-corrected chi connectivity index (χ3v) is 5.68. The fraction of sp³-hybridized carbons (Fsp3) is 0.316. The molecule has 2 aromatic carbocycles. The van der Waals surface area contributed by atoms with Gasteiger partial charge in [0.2, 0.25) is 10.0 Å². The van der Waals surface area contributed by atoms with E-state index in [1.807, 2.05) is 24.3 Å². The van der Waals surface area contributed by atoms with Crippen molar-refractivity contribution in [1.29, 1.82) is 0 Å². The van der Waals surface area contributed by atoms with Gasteiger partial charge in [0.1, 0.15) is 0 Å². The van der Waals surface area contributed by atoms with Crippen molar-refractivity contribution in [3.8, 4) is 0 Å². The van der Waals surface area contributed by atoms with Crippen molar-refractivity contribution in [1.82, 2.24) is 4.72 Å². The van der Waals surface area contributed by atoms with E-state index in [0.29, 0.717) is 5.56 Å². The van der Waals surface area contributed by atoms with Crippen LogP contribution >= 0.6 is 0 Å². The zero-order chi connectivity index (χ0) is 18.6. The van der Waals surface area contributed by atoms with Crippen molar-refractivity contribution in [2.45, 2.75) is 38.1 Å². The van der Waals surface area contributed by atoms with E-state index in [9.17, 15) is 13.2 Å². The Morgan fingerprint density at radius 1 is 1.16 bits per heavy atom. The number of carbonyl (C=O) groups excluding carboxylic acids is 1. The number of methoxy groups -OCH3 is 1. The molecule has 1 N–H and O–H groups in total. The smallest absolute Gasteiger partial charge is 0.338 e. The molecule has 0 saturated carbocycles. The van der Waals surface area contributed by atoms with Gasteiger partial charge in [0.25, 0.3) is 0 Å². The Balaban J connectivity index is 2.27. The highest BCUT2D eigenvalue weighted by Crippen LogP contribution is 2.20. The highest BCUT2D eigenvalue weighted by atomic mass is 32.2. The highest BCUT2D eigenvalue weighted by Gasteiger charge is 2.21. The molecule has 0 saturated heterocycles. The Labute approximate surface area is 149 Å². The maximum absolute atomic E-state index is 12.7. The first-order chi connectivity index (χ1) is 11.8. The molecule has 25 heavy (non-hydrogen) atoms. The molecule has 134 valence electrons. The molecule has 2 rings (SSSR count). The second-order valence-electron chi connectivity index (χ2n) is 5.91. The minimum atomic E-state index is -3.76. The maximum atomic E-state index is 12.7. The van der Waals surface area contributed by atoms with E-state index in [2.05, 4.69) is 11.6 Å². The molecule has 1 atom stereocenters. The first kappa shape index (κ1) is 19.1. The van der Waals surface area contributed by atoms with Gasteiger partial charge in [-0.15, -0.1) is 0 Å². The van der Waals surface area contributed by atoms with Crippen LogP contribution in [-0.2, 0) is 21.2 Å². The second-order valence-corrected chi connectivity index (χ2v) is 7.62. The third-order valence-electron chi connectivity index (χ3n) is 4.14. The van der Waals surface area contributed by atoms with Crippen molar-refractivity contribution in [2.24, 2.45) is 0 Å². The van der Waals surface area contributed by atoms with Gasteiger partial charge < -0.3 is 4.74 Å². The van der Waals surface area contributed by atoms with Gasteiger partial charge in [-0.1, -0.05) is 37.3 Å². The van der Waals surface area contributed by atoms with Crippen molar-refractivity contribution in [2.75, 3.05) is 7.11 Å². The van der Waals surface area contributed by atoms with Gasteiger partial charge in [0, 0.05) is 6.04 Å². The molecule has 0 aliphatic carbocycles. The van der Waals surface area contributed by atoms with Crippen LogP contribution < -0.4 is 4.72 Å². The molecule has 5 nitrogen and oxygen atoms in total. The Morgan fingerprint density at radius 3 is 2.36 bits per heavy atom. The van der Waals surface area contributed by atoms with E-state index in [-0.39, 0.29) is 10.5 Å². The normalized spacial score (nSPS) is 12.6. The summed E-state index contributed by atoms with van der Waals surface area (Å²) in [7, 11) is -2.50. The fourth-order valence-corrected chi connectivity index (χ4v) is 3.77. The average molecular weight is 361 g/mol. The van der Waals surface area contributed by atoms with Gasteiger partial charge in [-0.3, -0.25) is 0 Å². The highest BCUT2D eigenvalue weighted by molar-refractivity contribution is 7.89. The van der Waals surface area contributed by atoms with Crippen LogP contribution in [-0.4, -0.2) is 21.5 Å². The molecule has 0 fully saturated rings. The topological polar surface area (TPSA) is 72.5 Å². The maximum Gasteiger partial charge on any atom is 0.338 e. The Bertz CT molecular complexity index is 857. The van der Waals surface area contributed by atoms with Gasteiger partial charge in [-0.05, 0) is 49.1 Å². The monoisotopic (exact) mass is 361 g/mol. The number of ether oxygens (including phenoxy) is 1. The number of rotatable bonds is 6. The number of benzene rings is 2. The molecule has 6 heteroatoms. The summed E-state index contributed by atoms with van der Waals surface area (Å²) in [5, 5.41) is 0. The summed E-state index contributed by atoms with van der Waals surface area (Å²) in [6.45, 7) is 5.58. The van der Waals surface area contributed by atoms with Crippen LogP contribution in [0.2, 0.25) is 0 Å². The number of aryl methyl sites for hydroxylation is 2. The molecular formula is C19H23NO4S. The fourth-order valence-electron chi connectivity index (χ4n) is 2.51. The first-order valence-electron chi connectivity index (χ1n) is 8.08. The molecule has 0 radical (unpaired) electrons. The number of nitrogens with one attached hydrogen (secondary N) is 1. The first-order valence-corrected chi connectivity index (χ1v) is 9.57. The van der Waals surface area contributed by atoms with E-state index in [0.717, 1.165) is 12.0 Å². The van der Waals surface area contributed by atoms with Crippen molar-refractivity contribution >= 4 is 16.0 Å². The van der Waals surface area contributed by atoms with Gasteiger partial charge in [-0.25, -0.2) is 17.9 Å². The van der Waals surface area contributed by atoms with Crippen molar-refractivity contribution < 1.29 is 17.9 Å². The summed E-state index contributed by atoms with van der Waals surface area (Å²) in [4.78, 5) is 11.8. The van der Waals surface area contributed by atoms with E-state index >= 15 is 0 Å². The summed E-state index contributed by atoms with van der Waals surface area (Å²) in [6, 6.07) is 11.8. The van der Waals surface area contributed by atoms with Crippen molar-refractivity contribution in [3.63, 3.8) is 0 Å². The minimum absolute atomic E-state index is 0.0375. The number of carbonyl (C=O) groups is 1. The Hall–Kier alpha value is -2.18. The summed E-state index contributed by atoms with van der Waals surface area (Å²) in [5.41, 5.74) is 2.97. The Kier molecular flexibility index (Phi) is 5.98. The lowest BCUT2D eigenvalue weighted by molar-refractivity contribution is 0.0599. The summed E-state index contributed by atoms with van der Waals surface area (Å²) >= 11 is 0. The second kappa shape index (κ2) is 7.80. The summed E-state index contributed by atoms with van der Waals surface area (Å²) < 4.78 is 32.7. The molecule has 0 heterocycles. The molecular weight excluding hydrogens is 338 g/mol. The average Bonchev–Trinajstić information content (AvgIpc) is 2.61. The molecule has 0 aromatic heterocycles. The van der Waals surface area contributed by atoms with Crippen molar-refractivity contribution in [3.05, 3.63) is 64.7 Å². The SMILES string of the molecule is CCc1ccc(C(C)NS(=O)(=O)c2ccc(C)c(C(=O)OC)c2)cc1. The van der Waals surface area contributed by atoms with Gasteiger partial charge >= 0.3 is 5.97 Å². The van der Waals surface area contributed by atoms with E-state index < -0.39 is 22.0 Å². The molecule has 0 amide bonds. The standard InChI is InChI=1S/C19H23NO4S/c1-5-15-7-9-16(10-8-15)14(3)20-25(22,23)17-11-6-13(2)18(12-17)19(21)24-4/h6-12,14,20H,5H2,1-4H3. The molecule has 0 aliphatic rings. The molecule has 2 aromatic rings. The van der Waals surface area contributed by atoms with E-state index in [1.54, 1.807) is 19.9 Å². The Morgan fingerprint density at radius 2 is 1.80 bits per heavy atom. The zero-order valence-corrected chi connectivity index (χ0v) is 15.7. The van der Waals surface area contributed by atoms with E-state index in [4.69, 9.17) is 4.74 Å². The van der Waals surface area contributed by atoms with Crippen LogP contribution in [0.1, 0.15) is 46.9 Å². The van der Waals surface area contributed by atoms with E-state index in [1.165, 1.54) is 24.8 Å². The van der Waals surface area contributed by atoms with Crippen LogP contribution in [0.25, 0.3) is 0 Å². The minimum Gasteiger partial charge on any atom is -0.465 e.